The highest BCUT2D eigenvalue weighted by Gasteiger charge is 2.28. The normalized spacial score (nSPS) is 16.5. The van der Waals surface area contributed by atoms with Crippen LogP contribution >= 0.6 is 24.0 Å². The van der Waals surface area contributed by atoms with Gasteiger partial charge in [0.25, 0.3) is 0 Å². The van der Waals surface area contributed by atoms with E-state index in [2.05, 4.69) is 33.4 Å². The summed E-state index contributed by atoms with van der Waals surface area (Å²) in [7, 11) is 1.75. The summed E-state index contributed by atoms with van der Waals surface area (Å²) in [5, 5.41) is 13.8. The van der Waals surface area contributed by atoms with Crippen molar-refractivity contribution in [2.75, 3.05) is 25.0 Å². The maximum absolute atomic E-state index is 10.5. The maximum atomic E-state index is 10.5. The number of aliphatic hydroxyl groups is 1. The fourth-order valence-electron chi connectivity index (χ4n) is 2.78. The standard InChI is InChI=1S/C17H21N3O2.HI/c1-17(21,15-8-5-11-22-15)12-19-16(18-2)20-10-9-13-6-3-4-7-14(13)20;/h3-8,11,21H,9-10,12H2,1-2H3,(H,18,19);1H. The summed E-state index contributed by atoms with van der Waals surface area (Å²) in [6.45, 7) is 2.94. The Labute approximate surface area is 153 Å². The van der Waals surface area contributed by atoms with Crippen LogP contribution < -0.4 is 10.2 Å². The minimum Gasteiger partial charge on any atom is -0.466 e. The smallest absolute Gasteiger partial charge is 0.198 e. The lowest BCUT2D eigenvalue weighted by Gasteiger charge is -2.27. The summed E-state index contributed by atoms with van der Waals surface area (Å²) < 4.78 is 5.30. The molecule has 0 aliphatic carbocycles. The van der Waals surface area contributed by atoms with Gasteiger partial charge in [0.1, 0.15) is 11.4 Å². The van der Waals surface area contributed by atoms with Crippen LogP contribution in [0.15, 0.2) is 52.1 Å². The SMILES string of the molecule is CN=C(NCC(C)(O)c1ccco1)N1CCc2ccccc21.I. The summed E-state index contributed by atoms with van der Waals surface area (Å²) in [5.41, 5.74) is 1.41. The van der Waals surface area contributed by atoms with Crippen LogP contribution in [0, 0.1) is 0 Å². The third-order valence-electron chi connectivity index (χ3n) is 4.00. The van der Waals surface area contributed by atoms with Gasteiger partial charge in [-0.15, -0.1) is 24.0 Å². The average Bonchev–Trinajstić information content (AvgIpc) is 3.18. The van der Waals surface area contributed by atoms with Crippen molar-refractivity contribution >= 4 is 35.6 Å². The number of anilines is 1. The zero-order valence-electron chi connectivity index (χ0n) is 13.3. The van der Waals surface area contributed by atoms with E-state index in [4.69, 9.17) is 4.42 Å². The number of nitrogens with one attached hydrogen (secondary N) is 1. The monoisotopic (exact) mass is 427 g/mol. The van der Waals surface area contributed by atoms with E-state index in [0.717, 1.165) is 18.9 Å². The lowest BCUT2D eigenvalue weighted by atomic mass is 10.0. The Bertz CT molecular complexity index is 668. The number of hydrogen-bond acceptors (Lipinski definition) is 3. The first-order valence-corrected chi connectivity index (χ1v) is 7.44. The van der Waals surface area contributed by atoms with Gasteiger partial charge in [0.05, 0.1) is 12.8 Å². The van der Waals surface area contributed by atoms with Gasteiger partial charge in [0, 0.05) is 19.3 Å². The minimum atomic E-state index is -1.08. The summed E-state index contributed by atoms with van der Waals surface area (Å²) in [6, 6.07) is 11.9. The van der Waals surface area contributed by atoms with Gasteiger partial charge < -0.3 is 19.7 Å². The predicted octanol–water partition coefficient (Wildman–Crippen LogP) is 2.74. The number of guanidine groups is 1. The Morgan fingerprint density at radius 3 is 2.83 bits per heavy atom. The molecule has 6 heteroatoms. The zero-order valence-corrected chi connectivity index (χ0v) is 15.7. The van der Waals surface area contributed by atoms with E-state index in [9.17, 15) is 5.11 Å². The number of aliphatic imine (C=N–C) groups is 1. The van der Waals surface area contributed by atoms with Crippen molar-refractivity contribution in [1.82, 2.24) is 5.32 Å². The number of para-hydroxylation sites is 1. The van der Waals surface area contributed by atoms with Crippen LogP contribution in [-0.4, -0.2) is 31.2 Å². The third kappa shape index (κ3) is 3.69. The molecule has 3 rings (SSSR count). The highest BCUT2D eigenvalue weighted by Crippen LogP contribution is 2.27. The van der Waals surface area contributed by atoms with Crippen molar-refractivity contribution in [3.63, 3.8) is 0 Å². The van der Waals surface area contributed by atoms with Gasteiger partial charge in [-0.2, -0.15) is 0 Å². The van der Waals surface area contributed by atoms with Crippen molar-refractivity contribution in [3.8, 4) is 0 Å². The number of hydrogen-bond donors (Lipinski definition) is 2. The number of furan rings is 1. The zero-order chi connectivity index (χ0) is 15.6. The molecule has 1 atom stereocenters. The van der Waals surface area contributed by atoms with E-state index in [1.807, 2.05) is 6.07 Å². The summed E-state index contributed by atoms with van der Waals surface area (Å²) >= 11 is 0. The molecular weight excluding hydrogens is 405 g/mol. The van der Waals surface area contributed by atoms with Crippen LogP contribution in [0.1, 0.15) is 18.2 Å². The van der Waals surface area contributed by atoms with Gasteiger partial charge in [-0.05, 0) is 37.1 Å². The van der Waals surface area contributed by atoms with Crippen LogP contribution in [0.25, 0.3) is 0 Å². The van der Waals surface area contributed by atoms with E-state index in [1.54, 1.807) is 32.4 Å². The third-order valence-corrected chi connectivity index (χ3v) is 4.00. The number of benzene rings is 1. The van der Waals surface area contributed by atoms with Gasteiger partial charge in [0.2, 0.25) is 0 Å². The highest BCUT2D eigenvalue weighted by molar-refractivity contribution is 14.0. The molecular formula is C17H22IN3O2. The molecule has 2 aromatic rings. The van der Waals surface area contributed by atoms with Crippen molar-refractivity contribution < 1.29 is 9.52 Å². The molecule has 124 valence electrons. The largest absolute Gasteiger partial charge is 0.466 e. The molecule has 1 aromatic carbocycles. The molecule has 0 bridgehead atoms. The van der Waals surface area contributed by atoms with Crippen LogP contribution in [0.2, 0.25) is 0 Å². The molecule has 0 saturated heterocycles. The molecule has 5 nitrogen and oxygen atoms in total. The number of halogens is 1. The molecule has 0 spiro atoms. The first-order valence-electron chi connectivity index (χ1n) is 7.44. The number of rotatable bonds is 3. The predicted molar refractivity (Wildman–Crippen MR) is 103 cm³/mol. The first-order chi connectivity index (χ1) is 10.6. The highest BCUT2D eigenvalue weighted by atomic mass is 127. The van der Waals surface area contributed by atoms with Crippen LogP contribution in [0.3, 0.4) is 0 Å². The lowest BCUT2D eigenvalue weighted by Crippen LogP contribution is -2.46. The van der Waals surface area contributed by atoms with Crippen LogP contribution in [0.4, 0.5) is 5.69 Å². The van der Waals surface area contributed by atoms with Gasteiger partial charge in [-0.1, -0.05) is 18.2 Å². The molecule has 1 aliphatic rings. The second-order valence-corrected chi connectivity index (χ2v) is 5.68. The Balaban J connectivity index is 0.00000192. The van der Waals surface area contributed by atoms with E-state index < -0.39 is 5.60 Å². The molecule has 2 heterocycles. The minimum absolute atomic E-state index is 0. The van der Waals surface area contributed by atoms with Crippen LogP contribution in [-0.2, 0) is 12.0 Å². The molecule has 1 aromatic heterocycles. The second-order valence-electron chi connectivity index (χ2n) is 5.68. The molecule has 23 heavy (non-hydrogen) atoms. The van der Waals surface area contributed by atoms with E-state index >= 15 is 0 Å². The second kappa shape index (κ2) is 7.35. The van der Waals surface area contributed by atoms with Crippen LogP contribution in [0.5, 0.6) is 0 Å². The molecule has 1 aliphatic heterocycles. The fourth-order valence-corrected chi connectivity index (χ4v) is 2.78. The van der Waals surface area contributed by atoms with Gasteiger partial charge in [0.15, 0.2) is 5.96 Å². The molecule has 1 unspecified atom stereocenters. The maximum Gasteiger partial charge on any atom is 0.198 e. The first kappa shape index (κ1) is 17.8. The van der Waals surface area contributed by atoms with Gasteiger partial charge in [-0.25, -0.2) is 0 Å². The summed E-state index contributed by atoms with van der Waals surface area (Å²) in [5.74, 6) is 1.30. The molecule has 0 amide bonds. The van der Waals surface area contributed by atoms with Gasteiger partial charge >= 0.3 is 0 Å². The average molecular weight is 427 g/mol. The van der Waals surface area contributed by atoms with Crippen molar-refractivity contribution in [2.45, 2.75) is 18.9 Å². The Kier molecular flexibility index (Phi) is 5.69. The fraction of sp³-hybridized carbons (Fsp3) is 0.353. The number of fused-ring (bicyclic) bond motifs is 1. The molecule has 0 fully saturated rings. The number of nitrogens with zero attached hydrogens (tertiary/aromatic N) is 2. The quantitative estimate of drug-likeness (QED) is 0.450. The molecule has 0 radical (unpaired) electrons. The molecule has 2 N–H and O–H groups in total. The summed E-state index contributed by atoms with van der Waals surface area (Å²) in [6.07, 6.45) is 2.57. The molecule has 0 saturated carbocycles. The van der Waals surface area contributed by atoms with E-state index in [1.165, 1.54) is 11.3 Å². The summed E-state index contributed by atoms with van der Waals surface area (Å²) in [4.78, 5) is 6.49. The Morgan fingerprint density at radius 2 is 2.13 bits per heavy atom. The van der Waals surface area contributed by atoms with Crippen molar-refractivity contribution in [2.24, 2.45) is 4.99 Å². The van der Waals surface area contributed by atoms with E-state index in [-0.39, 0.29) is 24.0 Å². The van der Waals surface area contributed by atoms with E-state index in [0.29, 0.717) is 12.3 Å². The van der Waals surface area contributed by atoms with Crippen molar-refractivity contribution in [3.05, 3.63) is 54.0 Å². The Hall–Kier alpha value is -1.54. The lowest BCUT2D eigenvalue weighted by molar-refractivity contribution is 0.0387. The van der Waals surface area contributed by atoms with Crippen molar-refractivity contribution in [1.29, 1.82) is 0 Å². The van der Waals surface area contributed by atoms with Gasteiger partial charge in [-0.3, -0.25) is 4.99 Å². The topological polar surface area (TPSA) is 61.0 Å². The Morgan fingerprint density at radius 1 is 1.35 bits per heavy atom.